The first-order valence-corrected chi connectivity index (χ1v) is 12.0. The van der Waals surface area contributed by atoms with E-state index in [4.69, 9.17) is 0 Å². The van der Waals surface area contributed by atoms with Crippen molar-refractivity contribution in [2.75, 3.05) is 0 Å². The molecule has 0 N–H and O–H groups in total. The van der Waals surface area contributed by atoms with Gasteiger partial charge in [-0.3, -0.25) is 0 Å². The van der Waals surface area contributed by atoms with Gasteiger partial charge in [0.25, 0.3) is 0 Å². The van der Waals surface area contributed by atoms with Crippen LogP contribution in [-0.4, -0.2) is 9.52 Å². The molecular formula is C28H30Cl2HfSi. The van der Waals surface area contributed by atoms with Crippen LogP contribution in [-0.2, 0) is 25.8 Å². The summed E-state index contributed by atoms with van der Waals surface area (Å²) in [6.07, 6.45) is 20.1. The number of hydrogen-bond donors (Lipinski definition) is 0. The second-order valence-corrected chi connectivity index (χ2v) is 9.09. The SMILES string of the molecule is C1CC[Si]C1.Cc1cccc(C2=[C-]CC=C2)c1.Cc1cccc(C2=[C-]CC=C2)c1.[Cl-].[Cl-].[Hf+4]. The van der Waals surface area contributed by atoms with E-state index in [1.54, 1.807) is 0 Å². The van der Waals surface area contributed by atoms with E-state index in [0.29, 0.717) is 0 Å². The van der Waals surface area contributed by atoms with Crippen molar-refractivity contribution in [3.05, 3.63) is 107 Å². The zero-order chi connectivity index (χ0) is 20.3. The first kappa shape index (κ1) is 31.1. The molecule has 0 amide bonds. The Morgan fingerprint density at radius 1 is 0.688 bits per heavy atom. The van der Waals surface area contributed by atoms with Gasteiger partial charge in [0.05, 0.1) is 0 Å². The third-order valence-electron chi connectivity index (χ3n) is 5.01. The van der Waals surface area contributed by atoms with Crippen molar-refractivity contribution in [2.45, 2.75) is 51.6 Å². The maximum atomic E-state index is 3.31. The van der Waals surface area contributed by atoms with Crippen molar-refractivity contribution in [2.24, 2.45) is 0 Å². The molecule has 1 heterocycles. The molecular weight excluding hydrogens is 614 g/mol. The predicted octanol–water partition coefficient (Wildman–Crippen LogP) is 1.61. The summed E-state index contributed by atoms with van der Waals surface area (Å²) >= 11 is 0. The molecule has 0 bridgehead atoms. The van der Waals surface area contributed by atoms with Gasteiger partial charge in [-0.05, 0) is 13.8 Å². The van der Waals surface area contributed by atoms with Crippen LogP contribution < -0.4 is 24.8 Å². The van der Waals surface area contributed by atoms with Gasteiger partial charge in [0.1, 0.15) is 0 Å². The van der Waals surface area contributed by atoms with E-state index in [2.05, 4.69) is 98.8 Å². The van der Waals surface area contributed by atoms with Crippen molar-refractivity contribution < 1.29 is 50.7 Å². The maximum Gasteiger partial charge on any atom is 4.00 e. The Balaban J connectivity index is 0.000000460. The van der Waals surface area contributed by atoms with Crippen molar-refractivity contribution in [1.29, 1.82) is 0 Å². The number of benzene rings is 2. The topological polar surface area (TPSA) is 0 Å². The van der Waals surface area contributed by atoms with Gasteiger partial charge in [-0.1, -0.05) is 73.2 Å². The summed E-state index contributed by atoms with van der Waals surface area (Å²) in [6.45, 7) is 4.23. The molecule has 5 rings (SSSR count). The molecule has 1 fully saturated rings. The number of hydrogen-bond acceptors (Lipinski definition) is 0. The number of halogens is 2. The van der Waals surface area contributed by atoms with Gasteiger partial charge in [0.15, 0.2) is 0 Å². The van der Waals surface area contributed by atoms with Gasteiger partial charge in [0, 0.05) is 9.52 Å². The van der Waals surface area contributed by atoms with Crippen molar-refractivity contribution >= 4 is 20.7 Å². The van der Waals surface area contributed by atoms with Crippen LogP contribution in [0.25, 0.3) is 11.1 Å². The standard InChI is InChI=1S/2C12H11.C4H8Si.2ClH.Hf/c2*1-10-5-4-8-12(9-10)11-6-2-3-7-11;1-2-4-5-3-1;;;/h2*2,4-6,8-9H,3H2,1H3;1-4H2;2*1H;/q2*-1;;;;+4/p-2. The van der Waals surface area contributed by atoms with Crippen LogP contribution in [0, 0.1) is 26.0 Å². The van der Waals surface area contributed by atoms with Crippen LogP contribution in [0.4, 0.5) is 0 Å². The molecule has 0 spiro atoms. The summed E-state index contributed by atoms with van der Waals surface area (Å²) < 4.78 is 0. The van der Waals surface area contributed by atoms with Crippen LogP contribution in [0.2, 0.25) is 12.1 Å². The minimum Gasteiger partial charge on any atom is -1.00 e. The van der Waals surface area contributed by atoms with Gasteiger partial charge in [-0.2, -0.15) is 35.5 Å². The Morgan fingerprint density at radius 3 is 1.41 bits per heavy atom. The molecule has 2 aromatic carbocycles. The van der Waals surface area contributed by atoms with Crippen molar-refractivity contribution in [3.8, 4) is 0 Å². The van der Waals surface area contributed by atoms with E-state index < -0.39 is 0 Å². The Hall–Kier alpha value is -0.933. The van der Waals surface area contributed by atoms with E-state index in [1.165, 1.54) is 67.8 Å². The zero-order valence-electron chi connectivity index (χ0n) is 18.9. The van der Waals surface area contributed by atoms with Gasteiger partial charge < -0.3 is 24.8 Å². The number of aryl methyl sites for hydroxylation is 2. The molecule has 0 unspecified atom stereocenters. The predicted molar refractivity (Wildman–Crippen MR) is 128 cm³/mol. The second-order valence-electron chi connectivity index (χ2n) is 7.59. The number of rotatable bonds is 2. The first-order valence-electron chi connectivity index (χ1n) is 10.6. The summed E-state index contributed by atoms with van der Waals surface area (Å²) in [5, 5.41) is 0. The monoisotopic (exact) mass is 644 g/mol. The molecule has 2 radical (unpaired) electrons. The molecule has 4 heteroatoms. The molecule has 0 aromatic heterocycles. The van der Waals surface area contributed by atoms with Gasteiger partial charge >= 0.3 is 25.8 Å². The second kappa shape index (κ2) is 17.5. The van der Waals surface area contributed by atoms with E-state index in [9.17, 15) is 0 Å². The molecule has 2 aliphatic carbocycles. The fourth-order valence-electron chi connectivity index (χ4n) is 3.46. The third kappa shape index (κ3) is 10.8. The number of allylic oxidation sites excluding steroid dienone is 8. The molecule has 32 heavy (non-hydrogen) atoms. The van der Waals surface area contributed by atoms with Crippen LogP contribution >= 0.6 is 0 Å². The molecule has 1 saturated heterocycles. The van der Waals surface area contributed by atoms with E-state index in [1.807, 2.05) is 0 Å². The molecule has 0 atom stereocenters. The van der Waals surface area contributed by atoms with Crippen LogP contribution in [0.3, 0.4) is 0 Å². The largest absolute Gasteiger partial charge is 4.00 e. The Labute approximate surface area is 228 Å². The van der Waals surface area contributed by atoms with E-state index in [0.717, 1.165) is 12.8 Å². The normalized spacial score (nSPS) is 14.9. The average Bonchev–Trinajstić information content (AvgIpc) is 3.54. The minimum atomic E-state index is 0. The van der Waals surface area contributed by atoms with Gasteiger partial charge in [0.2, 0.25) is 0 Å². The molecule has 3 aliphatic rings. The summed E-state index contributed by atoms with van der Waals surface area (Å²) in [5.74, 6) is 0. The van der Waals surface area contributed by atoms with E-state index >= 15 is 0 Å². The van der Waals surface area contributed by atoms with Crippen LogP contribution in [0.15, 0.2) is 72.8 Å². The molecule has 1 aliphatic heterocycles. The van der Waals surface area contributed by atoms with Crippen LogP contribution in [0.5, 0.6) is 0 Å². The fraction of sp³-hybridized carbons (Fsp3) is 0.286. The zero-order valence-corrected chi connectivity index (χ0v) is 25.0. The molecule has 164 valence electrons. The molecule has 0 nitrogen and oxygen atoms in total. The summed E-state index contributed by atoms with van der Waals surface area (Å²) in [4.78, 5) is 0. The summed E-state index contributed by atoms with van der Waals surface area (Å²) in [6, 6.07) is 20.1. The fourth-order valence-corrected chi connectivity index (χ4v) is 4.71. The minimum absolute atomic E-state index is 0. The van der Waals surface area contributed by atoms with E-state index in [-0.39, 0.29) is 50.7 Å². The average molecular weight is 644 g/mol. The third-order valence-corrected chi connectivity index (χ3v) is 6.42. The first-order chi connectivity index (χ1) is 14.2. The Morgan fingerprint density at radius 2 is 1.12 bits per heavy atom. The Kier molecular flexibility index (Phi) is 17.0. The summed E-state index contributed by atoms with van der Waals surface area (Å²) in [5.41, 5.74) is 7.65. The van der Waals surface area contributed by atoms with Crippen LogP contribution in [0.1, 0.15) is 47.9 Å². The van der Waals surface area contributed by atoms with Crippen molar-refractivity contribution in [1.82, 2.24) is 0 Å². The van der Waals surface area contributed by atoms with Gasteiger partial charge in [-0.15, -0.1) is 47.5 Å². The molecule has 2 aromatic rings. The molecule has 0 saturated carbocycles. The van der Waals surface area contributed by atoms with Crippen molar-refractivity contribution in [3.63, 3.8) is 0 Å². The smallest absolute Gasteiger partial charge is 1.00 e. The maximum absolute atomic E-state index is 3.31. The van der Waals surface area contributed by atoms with Gasteiger partial charge in [-0.25, -0.2) is 0 Å². The quantitative estimate of drug-likeness (QED) is 0.345. The Bertz CT molecular complexity index is 845. The summed E-state index contributed by atoms with van der Waals surface area (Å²) in [7, 11) is 1.31.